The molecule has 4 heteroatoms. The van der Waals surface area contributed by atoms with Gasteiger partial charge in [0.2, 0.25) is 0 Å². The fraction of sp³-hybridized carbons (Fsp3) is 0.625. The largest absolute Gasteiger partial charge is 0.367 e. The zero-order valence-corrected chi connectivity index (χ0v) is 12.2. The summed E-state index contributed by atoms with van der Waals surface area (Å²) >= 11 is 0. The molecule has 1 aliphatic heterocycles. The Labute approximate surface area is 120 Å². The lowest BCUT2D eigenvalue weighted by Gasteiger charge is -2.24. The van der Waals surface area contributed by atoms with Crippen molar-refractivity contribution in [1.82, 2.24) is 0 Å². The van der Waals surface area contributed by atoms with Crippen molar-refractivity contribution in [3.05, 3.63) is 29.3 Å². The average Bonchev–Trinajstić information content (AvgIpc) is 2.67. The van der Waals surface area contributed by atoms with E-state index < -0.39 is 11.6 Å². The third kappa shape index (κ3) is 3.69. The number of nitrogens with zero attached hydrogens (tertiary/aromatic N) is 1. The van der Waals surface area contributed by atoms with Crippen LogP contribution in [0.2, 0.25) is 0 Å². The summed E-state index contributed by atoms with van der Waals surface area (Å²) in [6, 6.07) is 2.84. The van der Waals surface area contributed by atoms with E-state index in [1.807, 2.05) is 11.8 Å². The van der Waals surface area contributed by atoms with Gasteiger partial charge in [0.05, 0.1) is 0 Å². The number of hydrogen-bond acceptors (Lipinski definition) is 2. The summed E-state index contributed by atoms with van der Waals surface area (Å²) in [7, 11) is 0. The van der Waals surface area contributed by atoms with Crippen LogP contribution < -0.4 is 10.6 Å². The van der Waals surface area contributed by atoms with Crippen molar-refractivity contribution in [2.45, 2.75) is 51.5 Å². The Morgan fingerprint density at radius 1 is 1.10 bits per heavy atom. The molecule has 0 aromatic heterocycles. The van der Waals surface area contributed by atoms with Gasteiger partial charge in [0.1, 0.15) is 17.3 Å². The standard InChI is InChI=1S/C16H24F2N2/c1-2-13(19)9-12-10-14(17)16(15(18)11-12)20-7-5-3-4-6-8-20/h10-11,13H,2-9,19H2,1H3. The van der Waals surface area contributed by atoms with Crippen LogP contribution in [0.5, 0.6) is 0 Å². The van der Waals surface area contributed by atoms with Crippen molar-refractivity contribution in [2.75, 3.05) is 18.0 Å². The summed E-state index contributed by atoms with van der Waals surface area (Å²) in [5, 5.41) is 0. The van der Waals surface area contributed by atoms with Gasteiger partial charge in [-0.25, -0.2) is 8.78 Å². The normalized spacial score (nSPS) is 17.9. The van der Waals surface area contributed by atoms with Crippen LogP contribution in [0.15, 0.2) is 12.1 Å². The highest BCUT2D eigenvalue weighted by Crippen LogP contribution is 2.27. The zero-order chi connectivity index (χ0) is 14.5. The molecule has 0 amide bonds. The molecular weight excluding hydrogens is 258 g/mol. The lowest BCUT2D eigenvalue weighted by Crippen LogP contribution is -2.26. The molecule has 0 saturated carbocycles. The lowest BCUT2D eigenvalue weighted by atomic mass is 10.0. The summed E-state index contributed by atoms with van der Waals surface area (Å²) in [5.41, 5.74) is 6.64. The summed E-state index contributed by atoms with van der Waals surface area (Å²) in [4.78, 5) is 1.85. The molecule has 1 saturated heterocycles. The van der Waals surface area contributed by atoms with E-state index in [1.54, 1.807) is 0 Å². The van der Waals surface area contributed by atoms with Gasteiger partial charge >= 0.3 is 0 Å². The maximum Gasteiger partial charge on any atom is 0.149 e. The number of rotatable bonds is 4. The van der Waals surface area contributed by atoms with Crippen LogP contribution in [-0.4, -0.2) is 19.1 Å². The Kier molecular flexibility index (Phi) is 5.35. The van der Waals surface area contributed by atoms with Crippen molar-refractivity contribution in [2.24, 2.45) is 5.73 Å². The first-order valence-corrected chi connectivity index (χ1v) is 7.60. The molecule has 0 radical (unpaired) electrons. The van der Waals surface area contributed by atoms with E-state index in [4.69, 9.17) is 5.73 Å². The van der Waals surface area contributed by atoms with Crippen molar-refractivity contribution in [1.29, 1.82) is 0 Å². The third-order valence-corrected chi connectivity index (χ3v) is 4.02. The number of benzene rings is 1. The van der Waals surface area contributed by atoms with E-state index in [1.165, 1.54) is 12.1 Å². The van der Waals surface area contributed by atoms with Gasteiger partial charge in [-0.2, -0.15) is 0 Å². The molecule has 20 heavy (non-hydrogen) atoms. The highest BCUT2D eigenvalue weighted by Gasteiger charge is 2.19. The highest BCUT2D eigenvalue weighted by molar-refractivity contribution is 5.51. The molecule has 0 aliphatic carbocycles. The first-order valence-electron chi connectivity index (χ1n) is 7.60. The molecule has 1 aliphatic rings. The Balaban J connectivity index is 2.21. The van der Waals surface area contributed by atoms with E-state index in [0.717, 1.165) is 45.2 Å². The second-order valence-electron chi connectivity index (χ2n) is 5.68. The monoisotopic (exact) mass is 282 g/mol. The van der Waals surface area contributed by atoms with Crippen LogP contribution >= 0.6 is 0 Å². The second-order valence-corrected chi connectivity index (χ2v) is 5.68. The predicted molar refractivity (Wildman–Crippen MR) is 79.0 cm³/mol. The maximum atomic E-state index is 14.3. The topological polar surface area (TPSA) is 29.3 Å². The van der Waals surface area contributed by atoms with Crippen LogP contribution in [0.25, 0.3) is 0 Å². The van der Waals surface area contributed by atoms with Crippen molar-refractivity contribution in [3.8, 4) is 0 Å². The van der Waals surface area contributed by atoms with Crippen LogP contribution in [0.4, 0.5) is 14.5 Å². The molecule has 1 aromatic rings. The molecule has 1 atom stereocenters. The van der Waals surface area contributed by atoms with Crippen molar-refractivity contribution >= 4 is 5.69 Å². The van der Waals surface area contributed by atoms with Crippen LogP contribution in [0.3, 0.4) is 0 Å². The quantitative estimate of drug-likeness (QED) is 0.914. The van der Waals surface area contributed by atoms with E-state index in [0.29, 0.717) is 12.0 Å². The minimum absolute atomic E-state index is 0.0437. The molecule has 1 fully saturated rings. The van der Waals surface area contributed by atoms with Gasteiger partial charge in [-0.1, -0.05) is 19.8 Å². The van der Waals surface area contributed by atoms with Crippen LogP contribution in [0.1, 0.15) is 44.6 Å². The van der Waals surface area contributed by atoms with Gasteiger partial charge in [0.15, 0.2) is 0 Å². The Hall–Kier alpha value is -1.16. The van der Waals surface area contributed by atoms with E-state index in [-0.39, 0.29) is 11.7 Å². The van der Waals surface area contributed by atoms with E-state index in [9.17, 15) is 8.78 Å². The van der Waals surface area contributed by atoms with Gasteiger partial charge in [0.25, 0.3) is 0 Å². The predicted octanol–water partition coefficient (Wildman–Crippen LogP) is 3.63. The van der Waals surface area contributed by atoms with E-state index in [2.05, 4.69) is 0 Å². The van der Waals surface area contributed by atoms with Crippen molar-refractivity contribution in [3.63, 3.8) is 0 Å². The lowest BCUT2D eigenvalue weighted by molar-refractivity contribution is 0.562. The summed E-state index contributed by atoms with van der Waals surface area (Å²) in [5.74, 6) is -0.907. The molecule has 1 heterocycles. The first kappa shape index (κ1) is 15.2. The maximum absolute atomic E-state index is 14.3. The molecule has 1 aromatic carbocycles. The fourth-order valence-electron chi connectivity index (χ4n) is 2.78. The number of hydrogen-bond donors (Lipinski definition) is 1. The molecule has 0 bridgehead atoms. The number of halogens is 2. The SMILES string of the molecule is CCC(N)Cc1cc(F)c(N2CCCCCC2)c(F)c1. The summed E-state index contributed by atoms with van der Waals surface area (Å²) < 4.78 is 28.5. The molecule has 2 N–H and O–H groups in total. The number of anilines is 1. The zero-order valence-electron chi connectivity index (χ0n) is 12.2. The minimum atomic E-state index is -0.454. The molecule has 2 nitrogen and oxygen atoms in total. The third-order valence-electron chi connectivity index (χ3n) is 4.02. The van der Waals surface area contributed by atoms with Crippen molar-refractivity contribution < 1.29 is 8.78 Å². The molecule has 2 rings (SSSR count). The Morgan fingerprint density at radius 2 is 1.65 bits per heavy atom. The Bertz CT molecular complexity index is 417. The van der Waals surface area contributed by atoms with Crippen LogP contribution in [-0.2, 0) is 6.42 Å². The summed E-state index contributed by atoms with van der Waals surface area (Å²) in [6.07, 6.45) is 5.61. The summed E-state index contributed by atoms with van der Waals surface area (Å²) in [6.45, 7) is 3.45. The van der Waals surface area contributed by atoms with Gasteiger partial charge in [-0.3, -0.25) is 0 Å². The molecular formula is C16H24F2N2. The highest BCUT2D eigenvalue weighted by atomic mass is 19.1. The van der Waals surface area contributed by atoms with Gasteiger partial charge in [0, 0.05) is 19.1 Å². The van der Waals surface area contributed by atoms with Gasteiger partial charge in [-0.15, -0.1) is 0 Å². The molecule has 1 unspecified atom stereocenters. The molecule has 112 valence electrons. The first-order chi connectivity index (χ1) is 9.61. The van der Waals surface area contributed by atoms with Crippen LogP contribution in [0, 0.1) is 11.6 Å². The number of nitrogens with two attached hydrogens (primary N) is 1. The smallest absolute Gasteiger partial charge is 0.149 e. The average molecular weight is 282 g/mol. The Morgan fingerprint density at radius 3 is 2.15 bits per heavy atom. The fourth-order valence-corrected chi connectivity index (χ4v) is 2.78. The molecule has 0 spiro atoms. The van der Waals surface area contributed by atoms with Gasteiger partial charge < -0.3 is 10.6 Å². The minimum Gasteiger partial charge on any atom is -0.367 e. The van der Waals surface area contributed by atoms with E-state index >= 15 is 0 Å². The van der Waals surface area contributed by atoms with Gasteiger partial charge in [-0.05, 0) is 43.4 Å². The second kappa shape index (κ2) is 7.02.